The predicted molar refractivity (Wildman–Crippen MR) is 45.1 cm³/mol. The highest BCUT2D eigenvalue weighted by Gasteiger charge is 2.00. The summed E-state index contributed by atoms with van der Waals surface area (Å²) in [4.78, 5) is 10.2. The summed E-state index contributed by atoms with van der Waals surface area (Å²) in [5, 5.41) is 11.3. The normalized spacial score (nSPS) is 16.7. The van der Waals surface area contributed by atoms with Crippen molar-refractivity contribution in [3.8, 4) is 0 Å². The van der Waals surface area contributed by atoms with Crippen molar-refractivity contribution in [1.29, 1.82) is 0 Å². The van der Waals surface area contributed by atoms with Crippen molar-refractivity contribution < 1.29 is 9.90 Å². The van der Waals surface area contributed by atoms with Crippen LogP contribution in [0.15, 0.2) is 35.7 Å². The highest BCUT2D eigenvalue weighted by Crippen LogP contribution is 2.07. The molecule has 0 unspecified atom stereocenters. The Morgan fingerprint density at radius 3 is 3.08 bits per heavy atom. The number of dihydropyridines is 1. The third kappa shape index (κ3) is 2.16. The van der Waals surface area contributed by atoms with Gasteiger partial charge in [-0.3, -0.25) is 0 Å². The van der Waals surface area contributed by atoms with Gasteiger partial charge in [-0.25, -0.2) is 4.79 Å². The van der Waals surface area contributed by atoms with Crippen LogP contribution in [0, 0.1) is 0 Å². The van der Waals surface area contributed by atoms with Crippen LogP contribution in [0.5, 0.6) is 0 Å². The summed E-state index contributed by atoms with van der Waals surface area (Å²) >= 11 is 0. The maximum absolute atomic E-state index is 10.2. The minimum Gasteiger partial charge on any atom is -0.478 e. The molecule has 0 aromatic heterocycles. The molecule has 0 atom stereocenters. The summed E-state index contributed by atoms with van der Waals surface area (Å²) < 4.78 is 0. The lowest BCUT2D eigenvalue weighted by Gasteiger charge is -2.09. The molecule has 0 saturated heterocycles. The van der Waals surface area contributed by atoms with E-state index in [1.165, 1.54) is 6.08 Å². The van der Waals surface area contributed by atoms with E-state index in [9.17, 15) is 4.79 Å². The van der Waals surface area contributed by atoms with Crippen molar-refractivity contribution in [1.82, 2.24) is 5.32 Å². The number of carboxylic acids is 1. The molecule has 0 saturated carbocycles. The zero-order valence-electron chi connectivity index (χ0n) is 6.45. The fraction of sp³-hybridized carbons (Fsp3) is 0.125. The fourth-order valence-corrected chi connectivity index (χ4v) is 0.844. The van der Waals surface area contributed by atoms with Crippen LogP contribution in [-0.4, -0.2) is 17.6 Å². The fourth-order valence-electron chi connectivity index (χ4n) is 0.844. The second-order valence-electron chi connectivity index (χ2n) is 2.34. The number of hydrogen-bond acceptors (Lipinski definition) is 3. The zero-order chi connectivity index (χ0) is 8.97. The van der Waals surface area contributed by atoms with Crippen LogP contribution in [0.25, 0.3) is 0 Å². The van der Waals surface area contributed by atoms with Gasteiger partial charge in [0.15, 0.2) is 0 Å². The van der Waals surface area contributed by atoms with Gasteiger partial charge in [0, 0.05) is 30.1 Å². The molecule has 1 heterocycles. The van der Waals surface area contributed by atoms with Crippen molar-refractivity contribution in [2.75, 3.05) is 6.54 Å². The minimum atomic E-state index is -0.978. The molecule has 1 aliphatic rings. The minimum absolute atomic E-state index is 0.603. The maximum Gasteiger partial charge on any atom is 0.328 e. The Hall–Kier alpha value is -1.71. The van der Waals surface area contributed by atoms with Crippen molar-refractivity contribution in [2.24, 2.45) is 5.73 Å². The number of allylic oxidation sites excluding steroid dienone is 1. The molecular weight excluding hydrogens is 156 g/mol. The van der Waals surface area contributed by atoms with Gasteiger partial charge in [-0.05, 0) is 12.2 Å². The van der Waals surface area contributed by atoms with E-state index in [4.69, 9.17) is 10.8 Å². The summed E-state index contributed by atoms with van der Waals surface area (Å²) in [6.07, 6.45) is 6.00. The van der Waals surface area contributed by atoms with Crippen LogP contribution >= 0.6 is 0 Å². The third-order valence-electron chi connectivity index (χ3n) is 1.44. The monoisotopic (exact) mass is 166 g/mol. The molecule has 12 heavy (non-hydrogen) atoms. The SMILES string of the molecule is NC1=CCNC=C1/C=C/C(=O)O. The molecule has 64 valence electrons. The standard InChI is InChI=1S/C8H10N2O2/c9-7-3-4-10-5-6(7)1-2-8(11)12/h1-3,5,10H,4,9H2,(H,11,12)/b2-1+. The van der Waals surface area contributed by atoms with Gasteiger partial charge in [0.05, 0.1) is 0 Å². The van der Waals surface area contributed by atoms with Crippen LogP contribution in [0.4, 0.5) is 0 Å². The number of aliphatic carboxylic acids is 1. The molecule has 0 aliphatic carbocycles. The molecule has 1 rings (SSSR count). The van der Waals surface area contributed by atoms with Gasteiger partial charge in [-0.2, -0.15) is 0 Å². The number of carbonyl (C=O) groups is 1. The van der Waals surface area contributed by atoms with Crippen LogP contribution in [0.3, 0.4) is 0 Å². The molecule has 1 aliphatic heterocycles. The van der Waals surface area contributed by atoms with E-state index < -0.39 is 5.97 Å². The van der Waals surface area contributed by atoms with Gasteiger partial charge in [0.2, 0.25) is 0 Å². The Morgan fingerprint density at radius 1 is 1.75 bits per heavy atom. The molecule has 0 aromatic rings. The van der Waals surface area contributed by atoms with Gasteiger partial charge < -0.3 is 16.2 Å². The van der Waals surface area contributed by atoms with Crippen molar-refractivity contribution in [3.63, 3.8) is 0 Å². The topological polar surface area (TPSA) is 75.3 Å². The first-order valence-corrected chi connectivity index (χ1v) is 3.50. The van der Waals surface area contributed by atoms with Gasteiger partial charge in [-0.1, -0.05) is 0 Å². The molecule has 0 bridgehead atoms. The van der Waals surface area contributed by atoms with Gasteiger partial charge in [0.25, 0.3) is 0 Å². The van der Waals surface area contributed by atoms with E-state index in [0.29, 0.717) is 17.8 Å². The van der Waals surface area contributed by atoms with Crippen LogP contribution in [0.2, 0.25) is 0 Å². The lowest BCUT2D eigenvalue weighted by molar-refractivity contribution is -0.131. The average Bonchev–Trinajstić information content (AvgIpc) is 2.03. The number of nitrogens with two attached hydrogens (primary N) is 1. The number of hydrogen-bond donors (Lipinski definition) is 3. The second kappa shape index (κ2) is 3.61. The summed E-state index contributed by atoms with van der Waals surface area (Å²) in [6, 6.07) is 0. The van der Waals surface area contributed by atoms with E-state index in [2.05, 4.69) is 5.32 Å². The summed E-state index contributed by atoms with van der Waals surface area (Å²) in [5.41, 5.74) is 6.87. The van der Waals surface area contributed by atoms with E-state index in [-0.39, 0.29) is 0 Å². The summed E-state index contributed by atoms with van der Waals surface area (Å²) in [7, 11) is 0. The van der Waals surface area contributed by atoms with Gasteiger partial charge >= 0.3 is 5.97 Å². The lowest BCUT2D eigenvalue weighted by Crippen LogP contribution is -2.16. The maximum atomic E-state index is 10.2. The first kappa shape index (κ1) is 8.39. The Bertz CT molecular complexity index is 277. The predicted octanol–water partition coefficient (Wildman–Crippen LogP) is -0.0431. The Labute approximate surface area is 70.1 Å². The second-order valence-corrected chi connectivity index (χ2v) is 2.34. The van der Waals surface area contributed by atoms with Crippen molar-refractivity contribution in [2.45, 2.75) is 0 Å². The number of nitrogens with one attached hydrogen (secondary N) is 1. The molecule has 4 N–H and O–H groups in total. The number of carboxylic acid groups (broad SMARTS) is 1. The highest BCUT2D eigenvalue weighted by atomic mass is 16.4. The van der Waals surface area contributed by atoms with Crippen molar-refractivity contribution in [3.05, 3.63) is 35.7 Å². The van der Waals surface area contributed by atoms with E-state index in [0.717, 1.165) is 6.08 Å². The summed E-state index contributed by atoms with van der Waals surface area (Å²) in [6.45, 7) is 0.691. The molecule has 0 amide bonds. The Kier molecular flexibility index (Phi) is 2.53. The first-order valence-electron chi connectivity index (χ1n) is 3.50. The van der Waals surface area contributed by atoms with Crippen LogP contribution in [0.1, 0.15) is 0 Å². The Balaban J connectivity index is 2.69. The Morgan fingerprint density at radius 2 is 2.50 bits per heavy atom. The highest BCUT2D eigenvalue weighted by molar-refractivity contribution is 5.80. The first-order chi connectivity index (χ1) is 5.70. The lowest BCUT2D eigenvalue weighted by atomic mass is 10.1. The zero-order valence-corrected chi connectivity index (χ0v) is 6.45. The van der Waals surface area contributed by atoms with E-state index in [1.807, 2.05) is 0 Å². The summed E-state index contributed by atoms with van der Waals surface area (Å²) in [5.74, 6) is -0.978. The van der Waals surface area contributed by atoms with Crippen LogP contribution < -0.4 is 11.1 Å². The third-order valence-corrected chi connectivity index (χ3v) is 1.44. The molecule has 0 radical (unpaired) electrons. The van der Waals surface area contributed by atoms with Gasteiger partial charge in [-0.15, -0.1) is 0 Å². The van der Waals surface area contributed by atoms with Crippen molar-refractivity contribution >= 4 is 5.97 Å². The van der Waals surface area contributed by atoms with E-state index in [1.54, 1.807) is 12.3 Å². The molecule has 0 spiro atoms. The molecule has 0 fully saturated rings. The number of rotatable bonds is 2. The molecule has 4 heteroatoms. The smallest absolute Gasteiger partial charge is 0.328 e. The molecule has 0 aromatic carbocycles. The van der Waals surface area contributed by atoms with Crippen LogP contribution in [-0.2, 0) is 4.79 Å². The van der Waals surface area contributed by atoms with Gasteiger partial charge in [0.1, 0.15) is 0 Å². The quantitative estimate of drug-likeness (QED) is 0.503. The average molecular weight is 166 g/mol. The van der Waals surface area contributed by atoms with E-state index >= 15 is 0 Å². The molecular formula is C8H10N2O2. The molecule has 4 nitrogen and oxygen atoms in total. The largest absolute Gasteiger partial charge is 0.478 e.